The van der Waals surface area contributed by atoms with E-state index in [1.165, 1.54) is 0 Å². The van der Waals surface area contributed by atoms with Gasteiger partial charge in [-0.25, -0.2) is 4.98 Å². The minimum atomic E-state index is 0.750. The molecule has 2 aromatic carbocycles. The van der Waals surface area contributed by atoms with Gasteiger partial charge in [-0.1, -0.05) is 23.7 Å². The second kappa shape index (κ2) is 4.59. The summed E-state index contributed by atoms with van der Waals surface area (Å²) >= 11 is 7.66. The van der Waals surface area contributed by atoms with Crippen molar-refractivity contribution in [2.45, 2.75) is 0 Å². The summed E-state index contributed by atoms with van der Waals surface area (Å²) in [6.45, 7) is 0. The van der Waals surface area contributed by atoms with Gasteiger partial charge in [0.25, 0.3) is 0 Å². The molecule has 0 bridgehead atoms. The average molecular weight is 275 g/mol. The topological polar surface area (TPSA) is 24.9 Å². The van der Waals surface area contributed by atoms with Crippen molar-refractivity contribution in [3.8, 4) is 10.6 Å². The van der Waals surface area contributed by atoms with Crippen molar-refractivity contribution < 1.29 is 0 Å². The van der Waals surface area contributed by atoms with Gasteiger partial charge in [0, 0.05) is 23.3 Å². The maximum Gasteiger partial charge on any atom is 0.126 e. The van der Waals surface area contributed by atoms with Crippen molar-refractivity contribution in [2.75, 3.05) is 12.4 Å². The maximum absolute atomic E-state index is 6.00. The van der Waals surface area contributed by atoms with E-state index in [2.05, 4.69) is 16.4 Å². The number of rotatable bonds is 2. The molecule has 0 saturated carbocycles. The predicted molar refractivity (Wildman–Crippen MR) is 79.6 cm³/mol. The highest BCUT2D eigenvalue weighted by Crippen LogP contribution is 2.35. The zero-order valence-corrected chi connectivity index (χ0v) is 11.3. The van der Waals surface area contributed by atoms with Gasteiger partial charge in [-0.2, -0.15) is 0 Å². The standard InChI is InChI=1S/C14H11ClN2S/c1-16-11-5-3-2-4-10(11)14-17-12-7-6-9(15)8-13(12)18-14/h2-8,16H,1H3. The Morgan fingerprint density at radius 1 is 1.17 bits per heavy atom. The summed E-state index contributed by atoms with van der Waals surface area (Å²) in [7, 11) is 1.92. The highest BCUT2D eigenvalue weighted by molar-refractivity contribution is 7.21. The quantitative estimate of drug-likeness (QED) is 0.735. The number of benzene rings is 2. The number of nitrogens with one attached hydrogen (secondary N) is 1. The zero-order chi connectivity index (χ0) is 12.5. The van der Waals surface area contributed by atoms with E-state index < -0.39 is 0 Å². The normalized spacial score (nSPS) is 10.8. The highest BCUT2D eigenvalue weighted by atomic mass is 35.5. The Morgan fingerprint density at radius 3 is 2.83 bits per heavy atom. The third kappa shape index (κ3) is 1.96. The van der Waals surface area contributed by atoms with Crippen LogP contribution in [0.15, 0.2) is 42.5 Å². The first-order chi connectivity index (χ1) is 8.78. The van der Waals surface area contributed by atoms with Crippen molar-refractivity contribution in [2.24, 2.45) is 0 Å². The molecule has 90 valence electrons. The van der Waals surface area contributed by atoms with Gasteiger partial charge >= 0.3 is 0 Å². The van der Waals surface area contributed by atoms with Gasteiger partial charge in [0.1, 0.15) is 5.01 Å². The summed E-state index contributed by atoms with van der Waals surface area (Å²) in [4.78, 5) is 4.65. The smallest absolute Gasteiger partial charge is 0.126 e. The predicted octanol–water partition coefficient (Wildman–Crippen LogP) is 4.66. The van der Waals surface area contributed by atoms with Crippen LogP contribution in [-0.2, 0) is 0 Å². The fourth-order valence-corrected chi connectivity index (χ4v) is 3.18. The van der Waals surface area contributed by atoms with Crippen LogP contribution in [0.25, 0.3) is 20.8 Å². The second-order valence-electron chi connectivity index (χ2n) is 3.93. The molecule has 1 aromatic heterocycles. The molecule has 0 fully saturated rings. The fraction of sp³-hybridized carbons (Fsp3) is 0.0714. The van der Waals surface area contributed by atoms with E-state index in [0.717, 1.165) is 31.5 Å². The second-order valence-corrected chi connectivity index (χ2v) is 5.39. The molecular weight excluding hydrogens is 264 g/mol. The molecule has 0 unspecified atom stereocenters. The number of fused-ring (bicyclic) bond motifs is 1. The summed E-state index contributed by atoms with van der Waals surface area (Å²) in [5.41, 5.74) is 3.20. The number of aromatic nitrogens is 1. The highest BCUT2D eigenvalue weighted by Gasteiger charge is 2.09. The lowest BCUT2D eigenvalue weighted by Gasteiger charge is -2.04. The number of thiazole rings is 1. The minimum absolute atomic E-state index is 0.750. The molecule has 0 aliphatic heterocycles. The van der Waals surface area contributed by atoms with Crippen LogP contribution in [0.1, 0.15) is 0 Å². The van der Waals surface area contributed by atoms with E-state index in [1.54, 1.807) is 11.3 Å². The molecule has 18 heavy (non-hydrogen) atoms. The van der Waals surface area contributed by atoms with Gasteiger partial charge in [0.05, 0.1) is 10.2 Å². The van der Waals surface area contributed by atoms with Gasteiger partial charge < -0.3 is 5.32 Å². The lowest BCUT2D eigenvalue weighted by molar-refractivity contribution is 1.45. The minimum Gasteiger partial charge on any atom is -0.388 e. The van der Waals surface area contributed by atoms with E-state index in [1.807, 2.05) is 43.4 Å². The molecule has 4 heteroatoms. The van der Waals surface area contributed by atoms with Crippen molar-refractivity contribution in [3.05, 3.63) is 47.5 Å². The maximum atomic E-state index is 6.00. The first-order valence-corrected chi connectivity index (χ1v) is 6.80. The van der Waals surface area contributed by atoms with Crippen LogP contribution in [0, 0.1) is 0 Å². The van der Waals surface area contributed by atoms with E-state index in [-0.39, 0.29) is 0 Å². The Kier molecular flexibility index (Phi) is 2.94. The molecule has 0 radical (unpaired) electrons. The van der Waals surface area contributed by atoms with Crippen LogP contribution in [-0.4, -0.2) is 12.0 Å². The molecule has 0 aliphatic rings. The van der Waals surface area contributed by atoms with E-state index in [0.29, 0.717) is 0 Å². The number of hydrogen-bond donors (Lipinski definition) is 1. The zero-order valence-electron chi connectivity index (χ0n) is 9.77. The van der Waals surface area contributed by atoms with Crippen LogP contribution in [0.5, 0.6) is 0 Å². The van der Waals surface area contributed by atoms with Crippen LogP contribution in [0.3, 0.4) is 0 Å². The van der Waals surface area contributed by atoms with Crippen molar-refractivity contribution in [1.29, 1.82) is 0 Å². The molecule has 1 heterocycles. The number of nitrogens with zero attached hydrogens (tertiary/aromatic N) is 1. The largest absolute Gasteiger partial charge is 0.388 e. The van der Waals surface area contributed by atoms with E-state index in [4.69, 9.17) is 11.6 Å². The molecule has 0 spiro atoms. The lowest BCUT2D eigenvalue weighted by atomic mass is 10.2. The van der Waals surface area contributed by atoms with Gasteiger partial charge in [-0.05, 0) is 30.3 Å². The van der Waals surface area contributed by atoms with Crippen LogP contribution >= 0.6 is 22.9 Å². The first kappa shape index (κ1) is 11.5. The Balaban J connectivity index is 2.19. The molecule has 0 amide bonds. The molecule has 1 N–H and O–H groups in total. The molecule has 2 nitrogen and oxygen atoms in total. The SMILES string of the molecule is CNc1ccccc1-c1nc2ccc(Cl)cc2s1. The Morgan fingerprint density at radius 2 is 2.00 bits per heavy atom. The Hall–Kier alpha value is -1.58. The first-order valence-electron chi connectivity index (χ1n) is 5.61. The summed E-state index contributed by atoms with van der Waals surface area (Å²) in [5.74, 6) is 0. The molecular formula is C14H11ClN2S. The van der Waals surface area contributed by atoms with E-state index in [9.17, 15) is 0 Å². The van der Waals surface area contributed by atoms with Gasteiger partial charge in [-0.3, -0.25) is 0 Å². The number of halogens is 1. The van der Waals surface area contributed by atoms with E-state index >= 15 is 0 Å². The summed E-state index contributed by atoms with van der Waals surface area (Å²) in [6, 6.07) is 13.9. The number of anilines is 1. The van der Waals surface area contributed by atoms with Crippen LogP contribution < -0.4 is 5.32 Å². The lowest BCUT2D eigenvalue weighted by Crippen LogP contribution is -1.90. The Labute approximate surface area is 114 Å². The monoisotopic (exact) mass is 274 g/mol. The van der Waals surface area contributed by atoms with Gasteiger partial charge in [0.2, 0.25) is 0 Å². The molecule has 3 rings (SSSR count). The van der Waals surface area contributed by atoms with Gasteiger partial charge in [0.15, 0.2) is 0 Å². The molecule has 3 aromatic rings. The summed E-state index contributed by atoms with van der Waals surface area (Å²) < 4.78 is 1.11. The number of hydrogen-bond acceptors (Lipinski definition) is 3. The Bertz CT molecular complexity index is 706. The molecule has 0 atom stereocenters. The van der Waals surface area contributed by atoms with Crippen molar-refractivity contribution in [3.63, 3.8) is 0 Å². The third-order valence-electron chi connectivity index (χ3n) is 2.78. The molecule has 0 aliphatic carbocycles. The summed E-state index contributed by atoms with van der Waals surface area (Å²) in [5, 5.41) is 4.95. The van der Waals surface area contributed by atoms with Crippen molar-refractivity contribution in [1.82, 2.24) is 4.98 Å². The summed E-state index contributed by atoms with van der Waals surface area (Å²) in [6.07, 6.45) is 0. The fourth-order valence-electron chi connectivity index (χ4n) is 1.90. The van der Waals surface area contributed by atoms with Gasteiger partial charge in [-0.15, -0.1) is 11.3 Å². The molecule has 0 saturated heterocycles. The van der Waals surface area contributed by atoms with Crippen molar-refractivity contribution >= 4 is 38.8 Å². The number of para-hydroxylation sites is 1. The average Bonchev–Trinajstić information content (AvgIpc) is 2.81. The third-order valence-corrected chi connectivity index (χ3v) is 4.06. The van der Waals surface area contributed by atoms with Crippen LogP contribution in [0.2, 0.25) is 5.02 Å². The van der Waals surface area contributed by atoms with Crippen LogP contribution in [0.4, 0.5) is 5.69 Å².